The van der Waals surface area contributed by atoms with Crippen LogP contribution in [0.4, 0.5) is 0 Å². The largest absolute Gasteiger partial charge is 0.496 e. The zero-order chi connectivity index (χ0) is 21.8. The average Bonchev–Trinajstić information content (AvgIpc) is 3.14. The molecule has 0 amide bonds. The van der Waals surface area contributed by atoms with Gasteiger partial charge in [0, 0.05) is 84.4 Å². The van der Waals surface area contributed by atoms with Crippen molar-refractivity contribution >= 4 is 38.5 Å². The van der Waals surface area contributed by atoms with E-state index in [0.29, 0.717) is 11.3 Å². The van der Waals surface area contributed by atoms with Crippen molar-refractivity contribution in [1.29, 1.82) is 5.26 Å². The fourth-order valence-electron chi connectivity index (χ4n) is 4.00. The van der Waals surface area contributed by atoms with Gasteiger partial charge in [0.15, 0.2) is 0 Å². The Hall–Kier alpha value is -2.66. The Labute approximate surface area is 191 Å². The molecule has 6 nitrogen and oxygen atoms in total. The molecule has 1 aliphatic heterocycles. The van der Waals surface area contributed by atoms with Gasteiger partial charge in [0.2, 0.25) is 0 Å². The molecule has 0 unspecified atom stereocenters. The Morgan fingerprint density at radius 2 is 2.03 bits per heavy atom. The Balaban J connectivity index is 1.69. The number of nitrogens with zero attached hydrogens (tertiary/aromatic N) is 5. The lowest BCUT2D eigenvalue weighted by atomic mass is 10.0. The first-order valence-corrected chi connectivity index (χ1v) is 11.2. The molecule has 0 saturated carbocycles. The van der Waals surface area contributed by atoms with Crippen LogP contribution in [0, 0.1) is 11.3 Å². The molecule has 2 aromatic heterocycles. The summed E-state index contributed by atoms with van der Waals surface area (Å²) in [5.74, 6) is 0.697. The Bertz CT molecular complexity index is 1140. The maximum Gasteiger partial charge on any atom is 0.129 e. The van der Waals surface area contributed by atoms with Gasteiger partial charge in [-0.1, -0.05) is 15.9 Å². The molecular formula is C24H26BrN5O. The highest BCUT2D eigenvalue weighted by molar-refractivity contribution is 9.10. The van der Waals surface area contributed by atoms with Crippen molar-refractivity contribution in [3.05, 3.63) is 58.5 Å². The van der Waals surface area contributed by atoms with Crippen molar-refractivity contribution < 1.29 is 4.74 Å². The van der Waals surface area contributed by atoms with Crippen LogP contribution in [0.15, 0.2) is 47.3 Å². The van der Waals surface area contributed by atoms with Crippen LogP contribution < -0.4 is 4.74 Å². The number of benzene rings is 1. The Morgan fingerprint density at radius 1 is 1.23 bits per heavy atom. The first-order valence-electron chi connectivity index (χ1n) is 10.4. The van der Waals surface area contributed by atoms with Crippen LogP contribution in [0.2, 0.25) is 0 Å². The van der Waals surface area contributed by atoms with Crippen LogP contribution in [0.3, 0.4) is 0 Å². The van der Waals surface area contributed by atoms with E-state index in [1.807, 2.05) is 6.08 Å². The summed E-state index contributed by atoms with van der Waals surface area (Å²) in [5.41, 5.74) is 3.43. The van der Waals surface area contributed by atoms with Gasteiger partial charge in [0.05, 0.1) is 18.8 Å². The molecular weight excluding hydrogens is 454 g/mol. The highest BCUT2D eigenvalue weighted by atomic mass is 79.9. The number of halogens is 1. The molecule has 0 N–H and O–H groups in total. The molecule has 4 rings (SSSR count). The van der Waals surface area contributed by atoms with Gasteiger partial charge in [-0.25, -0.2) is 0 Å². The number of hydrogen-bond donors (Lipinski definition) is 0. The third-order valence-corrected chi connectivity index (χ3v) is 6.33. The van der Waals surface area contributed by atoms with Crippen LogP contribution in [0.1, 0.15) is 11.1 Å². The molecule has 1 aromatic carbocycles. The quantitative estimate of drug-likeness (QED) is 0.497. The molecule has 0 radical (unpaired) electrons. The molecule has 0 bridgehead atoms. The van der Waals surface area contributed by atoms with Gasteiger partial charge in [-0.2, -0.15) is 5.26 Å². The van der Waals surface area contributed by atoms with E-state index in [2.05, 4.69) is 72.8 Å². The van der Waals surface area contributed by atoms with E-state index in [-0.39, 0.29) is 0 Å². The van der Waals surface area contributed by atoms with Gasteiger partial charge in [-0.05, 0) is 37.4 Å². The summed E-state index contributed by atoms with van der Waals surface area (Å²) >= 11 is 3.59. The topological polar surface area (TPSA) is 57.3 Å². The van der Waals surface area contributed by atoms with E-state index in [0.717, 1.165) is 65.8 Å². The second-order valence-corrected chi connectivity index (χ2v) is 8.75. The van der Waals surface area contributed by atoms with Crippen molar-refractivity contribution in [2.75, 3.05) is 46.9 Å². The third-order valence-electron chi connectivity index (χ3n) is 5.84. The number of hydrogen-bond acceptors (Lipinski definition) is 5. The third kappa shape index (κ3) is 4.82. The number of pyridine rings is 1. The minimum absolute atomic E-state index is 0.591. The first kappa shape index (κ1) is 21.6. The fourth-order valence-corrected chi connectivity index (χ4v) is 4.36. The summed E-state index contributed by atoms with van der Waals surface area (Å²) in [6.45, 7) is 6.29. The number of methoxy groups -OCH3 is 1. The van der Waals surface area contributed by atoms with Crippen molar-refractivity contribution in [1.82, 2.24) is 19.4 Å². The minimum Gasteiger partial charge on any atom is -0.496 e. The Kier molecular flexibility index (Phi) is 6.71. The first-order chi connectivity index (χ1) is 15.1. The van der Waals surface area contributed by atoms with E-state index in [1.54, 1.807) is 25.6 Å². The minimum atomic E-state index is 0.591. The van der Waals surface area contributed by atoms with Crippen LogP contribution in [-0.2, 0) is 6.54 Å². The molecule has 1 fully saturated rings. The predicted octanol–water partition coefficient (Wildman–Crippen LogP) is 4.12. The van der Waals surface area contributed by atoms with Gasteiger partial charge < -0.3 is 14.2 Å². The van der Waals surface area contributed by atoms with Crippen LogP contribution in [0.5, 0.6) is 5.75 Å². The zero-order valence-corrected chi connectivity index (χ0v) is 19.5. The zero-order valence-electron chi connectivity index (χ0n) is 17.9. The lowest BCUT2D eigenvalue weighted by Gasteiger charge is -2.32. The lowest BCUT2D eigenvalue weighted by Crippen LogP contribution is -2.45. The second kappa shape index (κ2) is 9.65. The number of nitriles is 1. The molecule has 160 valence electrons. The van der Waals surface area contributed by atoms with Crippen LogP contribution in [-0.4, -0.2) is 66.2 Å². The van der Waals surface area contributed by atoms with Crippen molar-refractivity contribution in [3.63, 3.8) is 0 Å². The van der Waals surface area contributed by atoms with Gasteiger partial charge in [0.25, 0.3) is 0 Å². The summed E-state index contributed by atoms with van der Waals surface area (Å²) in [4.78, 5) is 9.06. The molecule has 1 aliphatic rings. The average molecular weight is 480 g/mol. The molecule has 3 heterocycles. The molecule has 31 heavy (non-hydrogen) atoms. The maximum atomic E-state index is 9.99. The number of ether oxygens (including phenoxy) is 1. The summed E-state index contributed by atoms with van der Waals surface area (Å²) in [5, 5.41) is 11.0. The number of piperazine rings is 1. The number of likely N-dealkylation sites (N-methyl/N-ethyl adjacent to an activating group) is 1. The fraction of sp³-hybridized carbons (Fsp3) is 0.333. The number of rotatable bonds is 6. The SMILES string of the molecule is COc1ccncc1C=C(C#N)c1cn(CCN2CCN(C)CC2)c2ccc(Br)cc12. The lowest BCUT2D eigenvalue weighted by molar-refractivity contribution is 0.150. The molecule has 0 spiro atoms. The summed E-state index contributed by atoms with van der Waals surface area (Å²) < 4.78 is 8.70. The van der Waals surface area contributed by atoms with Crippen molar-refractivity contribution in [3.8, 4) is 11.8 Å². The van der Waals surface area contributed by atoms with E-state index in [9.17, 15) is 5.26 Å². The van der Waals surface area contributed by atoms with Gasteiger partial charge >= 0.3 is 0 Å². The molecule has 1 saturated heterocycles. The number of aromatic nitrogens is 2. The number of fused-ring (bicyclic) bond motifs is 1. The summed E-state index contributed by atoms with van der Waals surface area (Å²) in [6, 6.07) is 10.4. The predicted molar refractivity (Wildman–Crippen MR) is 128 cm³/mol. The molecule has 3 aromatic rings. The van der Waals surface area contributed by atoms with Crippen molar-refractivity contribution in [2.24, 2.45) is 0 Å². The van der Waals surface area contributed by atoms with Gasteiger partial charge in [-0.3, -0.25) is 9.88 Å². The highest BCUT2D eigenvalue weighted by Crippen LogP contribution is 2.32. The molecule has 7 heteroatoms. The molecule has 0 aliphatic carbocycles. The van der Waals surface area contributed by atoms with Crippen LogP contribution in [0.25, 0.3) is 22.6 Å². The molecule has 0 atom stereocenters. The van der Waals surface area contributed by atoms with E-state index in [1.165, 1.54) is 0 Å². The van der Waals surface area contributed by atoms with Crippen LogP contribution >= 0.6 is 15.9 Å². The van der Waals surface area contributed by atoms with Gasteiger partial charge in [0.1, 0.15) is 5.75 Å². The smallest absolute Gasteiger partial charge is 0.129 e. The standard InChI is InChI=1S/C24H26BrN5O/c1-28-7-9-29(10-8-28)11-12-30-17-22(21-14-20(25)3-4-23(21)30)18(15-26)13-19-16-27-6-5-24(19)31-2/h3-6,13-14,16-17H,7-12H2,1-2H3. The van der Waals surface area contributed by atoms with E-state index >= 15 is 0 Å². The second-order valence-electron chi connectivity index (χ2n) is 7.83. The van der Waals surface area contributed by atoms with E-state index < -0.39 is 0 Å². The van der Waals surface area contributed by atoms with Gasteiger partial charge in [-0.15, -0.1) is 0 Å². The maximum absolute atomic E-state index is 9.99. The normalized spacial score (nSPS) is 15.9. The monoisotopic (exact) mass is 479 g/mol. The summed E-state index contributed by atoms with van der Waals surface area (Å²) in [6.07, 6.45) is 7.36. The van der Waals surface area contributed by atoms with E-state index in [4.69, 9.17) is 4.74 Å². The summed E-state index contributed by atoms with van der Waals surface area (Å²) in [7, 11) is 3.80. The highest BCUT2D eigenvalue weighted by Gasteiger charge is 2.17. The van der Waals surface area contributed by atoms with Crippen molar-refractivity contribution in [2.45, 2.75) is 6.54 Å². The number of allylic oxidation sites excluding steroid dienone is 1. The Morgan fingerprint density at radius 3 is 2.77 bits per heavy atom.